The molecule has 4 aromatic rings. The normalized spacial score (nSPS) is 14.9. The van der Waals surface area contributed by atoms with Crippen molar-refractivity contribution in [3.8, 4) is 11.6 Å². The summed E-state index contributed by atoms with van der Waals surface area (Å²) < 4.78 is 17.0. The lowest BCUT2D eigenvalue weighted by Crippen LogP contribution is -2.34. The molecule has 1 amide bonds. The Labute approximate surface area is 169 Å². The fraction of sp³-hybridized carbons (Fsp3) is 0.150. The van der Waals surface area contributed by atoms with Crippen LogP contribution in [0.1, 0.15) is 33.7 Å². The predicted molar refractivity (Wildman–Crippen MR) is 101 cm³/mol. The molecular weight excluding hydrogens is 390 g/mol. The van der Waals surface area contributed by atoms with Gasteiger partial charge in [-0.1, -0.05) is 40.6 Å². The van der Waals surface area contributed by atoms with Crippen LogP contribution in [-0.4, -0.2) is 32.4 Å². The summed E-state index contributed by atoms with van der Waals surface area (Å²) >= 11 is 0. The average molecular weight is 405 g/mol. The molecule has 0 radical (unpaired) electrons. The highest BCUT2D eigenvalue weighted by atomic mass is 16.5. The standard InChI is InChI=1S/C20H15N5O5/c26-18(14-10-13(29-23-14)9-12-5-2-1-3-6-12)22-15-11-28-19-16(7-4-8-21-19)25-17(15)24-30-20(25)27/h1-8,10,15H,9,11H2,(H,22,26)/t15-/m0/s1. The number of fused-ring (bicyclic) bond motifs is 3. The van der Waals surface area contributed by atoms with Crippen LogP contribution in [0.3, 0.4) is 0 Å². The van der Waals surface area contributed by atoms with Crippen molar-refractivity contribution >= 4 is 5.91 Å². The first kappa shape index (κ1) is 17.9. The van der Waals surface area contributed by atoms with Crippen molar-refractivity contribution in [3.63, 3.8) is 0 Å². The molecule has 30 heavy (non-hydrogen) atoms. The maximum absolute atomic E-state index is 12.7. The molecule has 10 heteroatoms. The molecule has 3 aromatic heterocycles. The highest BCUT2D eigenvalue weighted by Gasteiger charge is 2.31. The third kappa shape index (κ3) is 3.24. The van der Waals surface area contributed by atoms with E-state index in [1.165, 1.54) is 4.57 Å². The number of hydrogen-bond acceptors (Lipinski definition) is 8. The highest BCUT2D eigenvalue weighted by Crippen LogP contribution is 2.26. The first-order valence-corrected chi connectivity index (χ1v) is 9.16. The summed E-state index contributed by atoms with van der Waals surface area (Å²) in [5.74, 6) is -0.193. The summed E-state index contributed by atoms with van der Waals surface area (Å²) in [5.41, 5.74) is 1.54. The van der Waals surface area contributed by atoms with Gasteiger partial charge >= 0.3 is 5.76 Å². The fourth-order valence-electron chi connectivity index (χ4n) is 3.24. The average Bonchev–Trinajstić information content (AvgIpc) is 3.35. The van der Waals surface area contributed by atoms with Gasteiger partial charge < -0.3 is 14.6 Å². The van der Waals surface area contributed by atoms with Gasteiger partial charge in [-0.15, -0.1) is 0 Å². The number of amides is 1. The number of pyridine rings is 1. The zero-order valence-electron chi connectivity index (χ0n) is 15.5. The van der Waals surface area contributed by atoms with E-state index >= 15 is 0 Å². The quantitative estimate of drug-likeness (QED) is 0.543. The number of rotatable bonds is 4. The first-order chi connectivity index (χ1) is 14.7. The van der Waals surface area contributed by atoms with Gasteiger partial charge in [0.15, 0.2) is 11.5 Å². The third-order valence-electron chi connectivity index (χ3n) is 4.64. The molecule has 4 heterocycles. The Morgan fingerprint density at radius 3 is 2.87 bits per heavy atom. The van der Waals surface area contributed by atoms with Gasteiger partial charge in [-0.25, -0.2) is 14.3 Å². The van der Waals surface area contributed by atoms with Gasteiger partial charge in [-0.3, -0.25) is 9.32 Å². The van der Waals surface area contributed by atoms with E-state index in [1.807, 2.05) is 30.3 Å². The molecule has 0 fully saturated rings. The van der Waals surface area contributed by atoms with E-state index in [-0.39, 0.29) is 24.0 Å². The number of benzene rings is 1. The summed E-state index contributed by atoms with van der Waals surface area (Å²) in [4.78, 5) is 29.0. The summed E-state index contributed by atoms with van der Waals surface area (Å²) in [6.07, 6.45) is 2.05. The monoisotopic (exact) mass is 405 g/mol. The van der Waals surface area contributed by atoms with Crippen molar-refractivity contribution < 1.29 is 18.6 Å². The fourth-order valence-corrected chi connectivity index (χ4v) is 3.24. The first-order valence-electron chi connectivity index (χ1n) is 9.16. The molecule has 0 saturated heterocycles. The predicted octanol–water partition coefficient (Wildman–Crippen LogP) is 1.66. The van der Waals surface area contributed by atoms with Crippen molar-refractivity contribution in [2.24, 2.45) is 0 Å². The summed E-state index contributed by atoms with van der Waals surface area (Å²) in [6, 6.07) is 13.8. The molecule has 150 valence electrons. The van der Waals surface area contributed by atoms with Crippen LogP contribution in [-0.2, 0) is 6.42 Å². The van der Waals surface area contributed by atoms with E-state index in [0.717, 1.165) is 5.56 Å². The lowest BCUT2D eigenvalue weighted by molar-refractivity contribution is 0.0908. The minimum Gasteiger partial charge on any atom is -0.473 e. The second kappa shape index (κ2) is 7.32. The van der Waals surface area contributed by atoms with Crippen LogP contribution in [0.4, 0.5) is 0 Å². The molecule has 1 aliphatic heterocycles. The Hall–Kier alpha value is -4.21. The van der Waals surface area contributed by atoms with Crippen LogP contribution in [0.15, 0.2) is 68.6 Å². The molecule has 0 bridgehead atoms. The summed E-state index contributed by atoms with van der Waals surface area (Å²) in [6.45, 7) is 0.0104. The molecule has 5 rings (SSSR count). The number of aromatic nitrogens is 4. The number of nitrogens with zero attached hydrogens (tertiary/aromatic N) is 4. The molecule has 0 spiro atoms. The summed E-state index contributed by atoms with van der Waals surface area (Å²) in [5, 5.41) is 10.4. The number of carbonyl (C=O) groups is 1. The van der Waals surface area contributed by atoms with Crippen LogP contribution >= 0.6 is 0 Å². The van der Waals surface area contributed by atoms with Gasteiger partial charge in [-0.2, -0.15) is 0 Å². The SMILES string of the molecule is O=C(N[C@H]1COc2ncccc2-n2c1noc2=O)c1cc(Cc2ccccc2)on1. The van der Waals surface area contributed by atoms with Crippen molar-refractivity contribution in [1.82, 2.24) is 25.2 Å². The van der Waals surface area contributed by atoms with Crippen LogP contribution in [0.2, 0.25) is 0 Å². The van der Waals surface area contributed by atoms with Crippen LogP contribution in [0, 0.1) is 0 Å². The van der Waals surface area contributed by atoms with Crippen molar-refractivity contribution in [2.75, 3.05) is 6.61 Å². The molecule has 1 aromatic carbocycles. The van der Waals surface area contributed by atoms with Gasteiger partial charge in [0.2, 0.25) is 5.88 Å². The highest BCUT2D eigenvalue weighted by molar-refractivity contribution is 5.92. The van der Waals surface area contributed by atoms with Crippen molar-refractivity contribution in [2.45, 2.75) is 12.5 Å². The van der Waals surface area contributed by atoms with E-state index < -0.39 is 17.7 Å². The third-order valence-corrected chi connectivity index (χ3v) is 4.64. The largest absolute Gasteiger partial charge is 0.473 e. The molecule has 0 aliphatic carbocycles. The Morgan fingerprint density at radius 1 is 1.13 bits per heavy atom. The van der Waals surface area contributed by atoms with Crippen LogP contribution in [0.5, 0.6) is 5.88 Å². The maximum Gasteiger partial charge on any atom is 0.446 e. The van der Waals surface area contributed by atoms with Gasteiger partial charge in [0.1, 0.15) is 24.1 Å². The van der Waals surface area contributed by atoms with Gasteiger partial charge in [0, 0.05) is 18.7 Å². The smallest absolute Gasteiger partial charge is 0.446 e. The van der Waals surface area contributed by atoms with Gasteiger partial charge in [0.05, 0.1) is 0 Å². The molecule has 0 saturated carbocycles. The second-order valence-electron chi connectivity index (χ2n) is 6.65. The Bertz CT molecular complexity index is 1260. The molecule has 10 nitrogen and oxygen atoms in total. The van der Waals surface area contributed by atoms with E-state index in [9.17, 15) is 9.59 Å². The van der Waals surface area contributed by atoms with Crippen molar-refractivity contribution in [1.29, 1.82) is 0 Å². The van der Waals surface area contributed by atoms with E-state index in [1.54, 1.807) is 24.4 Å². The van der Waals surface area contributed by atoms with Gasteiger partial charge in [-0.05, 0) is 17.7 Å². The van der Waals surface area contributed by atoms with Crippen molar-refractivity contribution in [3.05, 3.63) is 88.1 Å². The van der Waals surface area contributed by atoms with E-state index in [2.05, 4.69) is 20.6 Å². The second-order valence-corrected chi connectivity index (χ2v) is 6.65. The molecule has 1 atom stereocenters. The van der Waals surface area contributed by atoms with E-state index in [4.69, 9.17) is 13.8 Å². The zero-order chi connectivity index (χ0) is 20.5. The zero-order valence-corrected chi connectivity index (χ0v) is 15.5. The molecule has 1 aliphatic rings. The maximum atomic E-state index is 12.7. The lowest BCUT2D eigenvalue weighted by Gasteiger charge is -2.13. The number of carbonyl (C=O) groups excluding carboxylic acids is 1. The van der Waals surface area contributed by atoms with Gasteiger partial charge in [0.25, 0.3) is 5.91 Å². The minimum absolute atomic E-state index is 0.0104. The Kier molecular flexibility index (Phi) is 4.36. The number of nitrogens with one attached hydrogen (secondary N) is 1. The lowest BCUT2D eigenvalue weighted by atomic mass is 10.1. The Balaban J connectivity index is 1.37. The van der Waals surface area contributed by atoms with Crippen LogP contribution < -0.4 is 15.8 Å². The molecule has 1 N–H and O–H groups in total. The topological polar surface area (TPSA) is 125 Å². The molecular formula is C20H15N5O5. The number of hydrogen-bond donors (Lipinski definition) is 1. The van der Waals surface area contributed by atoms with E-state index in [0.29, 0.717) is 17.9 Å². The molecule has 0 unspecified atom stereocenters. The van der Waals surface area contributed by atoms with Crippen LogP contribution in [0.25, 0.3) is 5.69 Å². The Morgan fingerprint density at radius 2 is 2.00 bits per heavy atom. The minimum atomic E-state index is -0.757. The number of ether oxygens (including phenoxy) is 1. The summed E-state index contributed by atoms with van der Waals surface area (Å²) in [7, 11) is 0.